The molecule has 0 aliphatic heterocycles. The molecule has 2 aromatic carbocycles. The van der Waals surface area contributed by atoms with Gasteiger partial charge in [0.05, 0.1) is 16.5 Å². The van der Waals surface area contributed by atoms with Crippen LogP contribution in [0.1, 0.15) is 11.5 Å². The average Bonchev–Trinajstić information content (AvgIpc) is 3.06. The van der Waals surface area contributed by atoms with Gasteiger partial charge in [0.25, 0.3) is 5.89 Å². The van der Waals surface area contributed by atoms with Crippen molar-refractivity contribution in [2.45, 2.75) is 13.0 Å². The first-order chi connectivity index (χ1) is 11.6. The molecule has 0 saturated heterocycles. The first kappa shape index (κ1) is 16.5. The molecule has 3 rings (SSSR count). The standard InChI is InChI=1S/C17H12Cl2N2O3/c18-13-7-6-11(8-14(13)19)9-16(22)23-10-15-20-17(21-24-15)12-4-2-1-3-5-12/h1-8H,9-10H2. The number of ether oxygens (including phenoxy) is 1. The minimum absolute atomic E-state index is 0.0799. The van der Waals surface area contributed by atoms with Crippen molar-refractivity contribution in [3.8, 4) is 11.4 Å². The molecular formula is C17H12Cl2N2O3. The van der Waals surface area contributed by atoms with Crippen LogP contribution < -0.4 is 0 Å². The van der Waals surface area contributed by atoms with Crippen LogP contribution in [0.2, 0.25) is 10.0 Å². The molecule has 7 heteroatoms. The van der Waals surface area contributed by atoms with Crippen LogP contribution in [0.5, 0.6) is 0 Å². The largest absolute Gasteiger partial charge is 0.455 e. The van der Waals surface area contributed by atoms with E-state index in [9.17, 15) is 4.79 Å². The maximum atomic E-state index is 11.9. The fourth-order valence-corrected chi connectivity index (χ4v) is 2.35. The third-order valence-electron chi connectivity index (χ3n) is 3.19. The van der Waals surface area contributed by atoms with Crippen molar-refractivity contribution in [1.82, 2.24) is 10.1 Å². The lowest BCUT2D eigenvalue weighted by Crippen LogP contribution is -2.08. The van der Waals surface area contributed by atoms with Crippen molar-refractivity contribution in [3.05, 3.63) is 70.0 Å². The highest BCUT2D eigenvalue weighted by Gasteiger charge is 2.12. The molecule has 0 unspecified atom stereocenters. The summed E-state index contributed by atoms with van der Waals surface area (Å²) in [7, 11) is 0. The fourth-order valence-electron chi connectivity index (χ4n) is 2.03. The van der Waals surface area contributed by atoms with Gasteiger partial charge in [-0.25, -0.2) is 0 Å². The molecule has 0 amide bonds. The first-order valence-corrected chi connectivity index (χ1v) is 7.85. The summed E-state index contributed by atoms with van der Waals surface area (Å²) in [5.74, 6) is 0.260. The van der Waals surface area contributed by atoms with Gasteiger partial charge >= 0.3 is 5.97 Å². The highest BCUT2D eigenvalue weighted by molar-refractivity contribution is 6.42. The normalized spacial score (nSPS) is 10.6. The Hall–Kier alpha value is -2.37. The van der Waals surface area contributed by atoms with Crippen molar-refractivity contribution in [2.75, 3.05) is 0 Å². The van der Waals surface area contributed by atoms with Gasteiger partial charge in [-0.15, -0.1) is 0 Å². The van der Waals surface area contributed by atoms with Gasteiger partial charge in [0.2, 0.25) is 5.82 Å². The van der Waals surface area contributed by atoms with Crippen LogP contribution in [-0.2, 0) is 22.6 Å². The molecule has 0 saturated carbocycles. The second-order valence-corrected chi connectivity index (χ2v) is 5.78. The molecule has 122 valence electrons. The van der Waals surface area contributed by atoms with Gasteiger partial charge in [0.15, 0.2) is 6.61 Å². The molecule has 5 nitrogen and oxygen atoms in total. The van der Waals surface area contributed by atoms with Crippen molar-refractivity contribution in [2.24, 2.45) is 0 Å². The molecule has 0 N–H and O–H groups in total. The van der Waals surface area contributed by atoms with Gasteiger partial charge in [-0.1, -0.05) is 64.8 Å². The molecule has 0 aliphatic carbocycles. The van der Waals surface area contributed by atoms with Crippen LogP contribution in [-0.4, -0.2) is 16.1 Å². The van der Waals surface area contributed by atoms with E-state index in [-0.39, 0.29) is 18.9 Å². The second-order valence-electron chi connectivity index (χ2n) is 4.96. The Labute approximate surface area is 148 Å². The summed E-state index contributed by atoms with van der Waals surface area (Å²) >= 11 is 11.7. The van der Waals surface area contributed by atoms with Crippen molar-refractivity contribution < 1.29 is 14.1 Å². The number of carbonyl (C=O) groups excluding carboxylic acids is 1. The molecule has 24 heavy (non-hydrogen) atoms. The summed E-state index contributed by atoms with van der Waals surface area (Å²) in [4.78, 5) is 16.1. The van der Waals surface area contributed by atoms with Gasteiger partial charge in [-0.05, 0) is 17.7 Å². The maximum Gasteiger partial charge on any atom is 0.310 e. The fraction of sp³-hybridized carbons (Fsp3) is 0.118. The first-order valence-electron chi connectivity index (χ1n) is 7.09. The number of hydrogen-bond donors (Lipinski definition) is 0. The monoisotopic (exact) mass is 362 g/mol. The lowest BCUT2D eigenvalue weighted by molar-refractivity contribution is -0.144. The SMILES string of the molecule is O=C(Cc1ccc(Cl)c(Cl)c1)OCc1nc(-c2ccccc2)no1. The zero-order valence-corrected chi connectivity index (χ0v) is 13.9. The van der Waals surface area contributed by atoms with E-state index in [4.69, 9.17) is 32.5 Å². The van der Waals surface area contributed by atoms with E-state index < -0.39 is 5.97 Å². The number of benzene rings is 2. The minimum Gasteiger partial charge on any atom is -0.455 e. The molecular weight excluding hydrogens is 351 g/mol. The number of hydrogen-bond acceptors (Lipinski definition) is 5. The molecule has 0 radical (unpaired) electrons. The van der Waals surface area contributed by atoms with E-state index in [0.29, 0.717) is 21.4 Å². The molecule has 3 aromatic rings. The average molecular weight is 363 g/mol. The molecule has 0 spiro atoms. The van der Waals surface area contributed by atoms with Crippen LogP contribution in [0, 0.1) is 0 Å². The van der Waals surface area contributed by atoms with E-state index in [1.165, 1.54) is 0 Å². The zero-order valence-electron chi connectivity index (χ0n) is 12.4. The Balaban J connectivity index is 1.56. The van der Waals surface area contributed by atoms with Gasteiger partial charge in [-0.2, -0.15) is 4.98 Å². The Morgan fingerprint density at radius 3 is 2.62 bits per heavy atom. The molecule has 0 atom stereocenters. The molecule has 1 heterocycles. The third kappa shape index (κ3) is 4.13. The summed E-state index contributed by atoms with van der Waals surface area (Å²) in [6.07, 6.45) is 0.0799. The number of carbonyl (C=O) groups is 1. The summed E-state index contributed by atoms with van der Waals surface area (Å²) in [5.41, 5.74) is 1.54. The van der Waals surface area contributed by atoms with Crippen LogP contribution in [0.25, 0.3) is 11.4 Å². The summed E-state index contributed by atoms with van der Waals surface area (Å²) in [6, 6.07) is 14.4. The Morgan fingerprint density at radius 2 is 1.88 bits per heavy atom. The predicted molar refractivity (Wildman–Crippen MR) is 89.7 cm³/mol. The smallest absolute Gasteiger partial charge is 0.310 e. The van der Waals surface area contributed by atoms with Gasteiger partial charge in [0.1, 0.15) is 0 Å². The Morgan fingerprint density at radius 1 is 1.08 bits per heavy atom. The zero-order chi connectivity index (χ0) is 16.9. The number of esters is 1. The molecule has 0 fully saturated rings. The third-order valence-corrected chi connectivity index (χ3v) is 3.93. The van der Waals surface area contributed by atoms with Crippen LogP contribution in [0.3, 0.4) is 0 Å². The van der Waals surface area contributed by atoms with Crippen LogP contribution >= 0.6 is 23.2 Å². The predicted octanol–water partition coefficient (Wildman–Crippen LogP) is 4.33. The molecule has 0 bridgehead atoms. The van der Waals surface area contributed by atoms with Gasteiger partial charge in [0, 0.05) is 5.56 Å². The molecule has 1 aromatic heterocycles. The number of rotatable bonds is 5. The van der Waals surface area contributed by atoms with E-state index in [0.717, 1.165) is 5.56 Å². The lowest BCUT2D eigenvalue weighted by Gasteiger charge is -2.03. The van der Waals surface area contributed by atoms with Crippen molar-refractivity contribution >= 4 is 29.2 Å². The van der Waals surface area contributed by atoms with Crippen LogP contribution in [0.4, 0.5) is 0 Å². The summed E-state index contributed by atoms with van der Waals surface area (Å²) in [6.45, 7) is -0.0833. The lowest BCUT2D eigenvalue weighted by atomic mass is 10.1. The quantitative estimate of drug-likeness (QED) is 0.632. The van der Waals surface area contributed by atoms with E-state index >= 15 is 0 Å². The van der Waals surface area contributed by atoms with Gasteiger partial charge in [-0.3, -0.25) is 4.79 Å². The van der Waals surface area contributed by atoms with E-state index in [1.54, 1.807) is 18.2 Å². The number of nitrogens with zero attached hydrogens (tertiary/aromatic N) is 2. The van der Waals surface area contributed by atoms with Crippen molar-refractivity contribution in [1.29, 1.82) is 0 Å². The highest BCUT2D eigenvalue weighted by Crippen LogP contribution is 2.23. The van der Waals surface area contributed by atoms with Gasteiger partial charge < -0.3 is 9.26 Å². The van der Waals surface area contributed by atoms with E-state index in [1.807, 2.05) is 30.3 Å². The van der Waals surface area contributed by atoms with Crippen LogP contribution in [0.15, 0.2) is 53.1 Å². The second kappa shape index (κ2) is 7.47. The molecule has 0 aliphatic rings. The maximum absolute atomic E-state index is 11.9. The van der Waals surface area contributed by atoms with E-state index in [2.05, 4.69) is 10.1 Å². The summed E-state index contributed by atoms with van der Waals surface area (Å²) < 4.78 is 10.2. The topological polar surface area (TPSA) is 65.2 Å². The Kier molecular flexibility index (Phi) is 5.13. The van der Waals surface area contributed by atoms with Crippen molar-refractivity contribution in [3.63, 3.8) is 0 Å². The highest BCUT2D eigenvalue weighted by atomic mass is 35.5. The Bertz CT molecular complexity index is 850. The number of halogens is 2. The minimum atomic E-state index is -0.423. The summed E-state index contributed by atoms with van der Waals surface area (Å²) in [5, 5.41) is 4.69. The number of aromatic nitrogens is 2.